The Hall–Kier alpha value is -4.10. The van der Waals surface area contributed by atoms with E-state index in [1.807, 2.05) is 19.9 Å². The lowest BCUT2D eigenvalue weighted by molar-refractivity contribution is -0.120. The van der Waals surface area contributed by atoms with Gasteiger partial charge in [-0.25, -0.2) is 4.90 Å². The van der Waals surface area contributed by atoms with Gasteiger partial charge in [-0.1, -0.05) is 17.7 Å². The van der Waals surface area contributed by atoms with Gasteiger partial charge in [0.1, 0.15) is 16.5 Å². The van der Waals surface area contributed by atoms with E-state index < -0.39 is 11.8 Å². The molecule has 3 amide bonds. The second kappa shape index (κ2) is 8.80. The van der Waals surface area contributed by atoms with Gasteiger partial charge in [-0.2, -0.15) is 0 Å². The van der Waals surface area contributed by atoms with Gasteiger partial charge < -0.3 is 15.7 Å². The van der Waals surface area contributed by atoms with Crippen molar-refractivity contribution < 1.29 is 19.5 Å². The minimum absolute atomic E-state index is 0.0267. The first-order chi connectivity index (χ1) is 15.7. The molecule has 1 aliphatic heterocycles. The van der Waals surface area contributed by atoms with Crippen molar-refractivity contribution in [3.63, 3.8) is 0 Å². The van der Waals surface area contributed by atoms with Gasteiger partial charge in [-0.15, -0.1) is 0 Å². The molecule has 0 aromatic heterocycles. The van der Waals surface area contributed by atoms with Gasteiger partial charge in [0.25, 0.3) is 17.7 Å². The van der Waals surface area contributed by atoms with Crippen molar-refractivity contribution in [3.05, 3.63) is 94.1 Å². The largest absolute Gasteiger partial charge is 0.508 e. The third-order valence-electron chi connectivity index (χ3n) is 5.32. The quantitative estimate of drug-likeness (QED) is 0.378. The number of hydrogen-bond acceptors (Lipinski definition) is 5. The molecule has 4 rings (SSSR count). The Balaban J connectivity index is 1.48. The molecule has 3 aromatic rings. The smallest absolute Gasteiger partial charge is 0.283 e. The highest BCUT2D eigenvalue weighted by molar-refractivity contribution is 6.53. The first-order valence-corrected chi connectivity index (χ1v) is 10.5. The molecule has 0 spiro atoms. The summed E-state index contributed by atoms with van der Waals surface area (Å²) in [6, 6.07) is 17.8. The fourth-order valence-electron chi connectivity index (χ4n) is 3.31. The number of benzene rings is 3. The number of anilines is 3. The van der Waals surface area contributed by atoms with Crippen LogP contribution in [0, 0.1) is 13.8 Å². The average Bonchev–Trinajstić information content (AvgIpc) is 3.01. The molecule has 3 aromatic carbocycles. The van der Waals surface area contributed by atoms with Gasteiger partial charge in [0.05, 0.1) is 5.69 Å². The molecule has 0 radical (unpaired) electrons. The van der Waals surface area contributed by atoms with Crippen LogP contribution in [0.5, 0.6) is 5.75 Å². The minimum atomic E-state index is -0.600. The Morgan fingerprint density at radius 2 is 1.48 bits per heavy atom. The Bertz CT molecular complexity index is 1300. The van der Waals surface area contributed by atoms with E-state index in [-0.39, 0.29) is 22.4 Å². The Morgan fingerprint density at radius 1 is 0.848 bits per heavy atom. The Morgan fingerprint density at radius 3 is 2.12 bits per heavy atom. The predicted molar refractivity (Wildman–Crippen MR) is 127 cm³/mol. The van der Waals surface area contributed by atoms with Crippen molar-refractivity contribution in [2.75, 3.05) is 15.5 Å². The number of carbonyl (C=O) groups is 3. The summed E-state index contributed by atoms with van der Waals surface area (Å²) in [5.74, 6) is -1.38. The van der Waals surface area contributed by atoms with Gasteiger partial charge >= 0.3 is 0 Å². The Labute approximate surface area is 195 Å². The third kappa shape index (κ3) is 4.44. The second-order valence-corrected chi connectivity index (χ2v) is 7.98. The van der Waals surface area contributed by atoms with Crippen LogP contribution in [-0.4, -0.2) is 22.8 Å². The molecule has 166 valence electrons. The maximum absolute atomic E-state index is 12.9. The number of aryl methyl sites for hydroxylation is 2. The molecule has 1 heterocycles. The monoisotopic (exact) mass is 461 g/mol. The molecule has 0 saturated carbocycles. The molecule has 0 fully saturated rings. The van der Waals surface area contributed by atoms with Crippen LogP contribution in [0.2, 0.25) is 0 Å². The van der Waals surface area contributed by atoms with E-state index in [1.165, 1.54) is 12.1 Å². The first-order valence-electron chi connectivity index (χ1n) is 10.1. The normalized spacial score (nSPS) is 13.5. The molecule has 1 aliphatic rings. The fourth-order valence-corrected chi connectivity index (χ4v) is 3.52. The number of imide groups is 1. The molecule has 0 unspecified atom stereocenters. The number of nitrogens with one attached hydrogen (secondary N) is 2. The number of carbonyl (C=O) groups excluding carboxylic acids is 3. The first kappa shape index (κ1) is 22.1. The van der Waals surface area contributed by atoms with Crippen molar-refractivity contribution in [1.29, 1.82) is 0 Å². The lowest BCUT2D eigenvalue weighted by Gasteiger charge is -2.16. The van der Waals surface area contributed by atoms with Crippen LogP contribution in [0.3, 0.4) is 0 Å². The van der Waals surface area contributed by atoms with E-state index in [1.54, 1.807) is 48.5 Å². The lowest BCUT2D eigenvalue weighted by atomic mass is 10.1. The Kier molecular flexibility index (Phi) is 5.89. The number of amides is 3. The third-order valence-corrected chi connectivity index (χ3v) is 5.67. The van der Waals surface area contributed by atoms with E-state index in [9.17, 15) is 19.5 Å². The summed E-state index contributed by atoms with van der Waals surface area (Å²) in [7, 11) is 0. The van der Waals surface area contributed by atoms with Crippen LogP contribution >= 0.6 is 11.6 Å². The number of nitrogens with zero attached hydrogens (tertiary/aromatic N) is 1. The van der Waals surface area contributed by atoms with Gasteiger partial charge in [0, 0.05) is 16.9 Å². The van der Waals surface area contributed by atoms with E-state index in [4.69, 9.17) is 11.6 Å². The van der Waals surface area contributed by atoms with E-state index in [2.05, 4.69) is 10.6 Å². The maximum Gasteiger partial charge on any atom is 0.283 e. The molecule has 33 heavy (non-hydrogen) atoms. The molecule has 0 bridgehead atoms. The number of halogens is 1. The highest BCUT2D eigenvalue weighted by Gasteiger charge is 2.39. The summed E-state index contributed by atoms with van der Waals surface area (Å²) in [5, 5.41) is 14.7. The number of rotatable bonds is 5. The van der Waals surface area contributed by atoms with E-state index in [0.717, 1.165) is 16.0 Å². The summed E-state index contributed by atoms with van der Waals surface area (Å²) < 4.78 is 0. The highest BCUT2D eigenvalue weighted by atomic mass is 35.5. The molecule has 0 saturated heterocycles. The number of phenolic OH excluding ortho intramolecular Hbond substituents is 1. The van der Waals surface area contributed by atoms with Gasteiger partial charge in [0.2, 0.25) is 0 Å². The molecular formula is C25H20ClN3O4. The van der Waals surface area contributed by atoms with Crippen molar-refractivity contribution in [2.45, 2.75) is 13.8 Å². The zero-order valence-corrected chi connectivity index (χ0v) is 18.6. The molecular weight excluding hydrogens is 442 g/mol. The average molecular weight is 462 g/mol. The SMILES string of the molecule is Cc1ccc(N2C(=O)C(Cl)=C(Nc3ccc(C(=O)Nc4ccc(O)cc4)cc3)C2=O)cc1C. The molecule has 3 N–H and O–H groups in total. The maximum atomic E-state index is 12.9. The van der Waals surface area contributed by atoms with Crippen LogP contribution in [-0.2, 0) is 9.59 Å². The van der Waals surface area contributed by atoms with Crippen molar-refractivity contribution in [1.82, 2.24) is 0 Å². The summed E-state index contributed by atoms with van der Waals surface area (Å²) in [4.78, 5) is 39.1. The zero-order valence-electron chi connectivity index (χ0n) is 17.8. The standard InChI is InChI=1S/C25H20ClN3O4/c1-14-3-10-19(13-15(14)2)29-24(32)21(26)22(25(29)33)27-17-6-4-16(5-7-17)23(31)28-18-8-11-20(30)12-9-18/h3-13,27,30H,1-2H3,(H,28,31). The second-order valence-electron chi connectivity index (χ2n) is 7.61. The van der Waals surface area contributed by atoms with Crippen molar-refractivity contribution in [2.24, 2.45) is 0 Å². The topological polar surface area (TPSA) is 98.7 Å². The summed E-state index contributed by atoms with van der Waals surface area (Å²) in [6.07, 6.45) is 0. The summed E-state index contributed by atoms with van der Waals surface area (Å²) in [6.45, 7) is 3.84. The number of hydrogen-bond donors (Lipinski definition) is 3. The molecule has 8 heteroatoms. The summed E-state index contributed by atoms with van der Waals surface area (Å²) in [5.41, 5.74) is 3.84. The summed E-state index contributed by atoms with van der Waals surface area (Å²) >= 11 is 6.20. The van der Waals surface area contributed by atoms with Crippen molar-refractivity contribution >= 4 is 46.4 Å². The van der Waals surface area contributed by atoms with Gasteiger partial charge in [-0.05, 0) is 85.6 Å². The number of phenols is 1. The van der Waals surface area contributed by atoms with Crippen molar-refractivity contribution in [3.8, 4) is 5.75 Å². The van der Waals surface area contributed by atoms with Crippen LogP contribution in [0.1, 0.15) is 21.5 Å². The van der Waals surface area contributed by atoms with E-state index in [0.29, 0.717) is 22.6 Å². The van der Waals surface area contributed by atoms with Crippen LogP contribution in [0.4, 0.5) is 17.1 Å². The minimum Gasteiger partial charge on any atom is -0.508 e. The fraction of sp³-hybridized carbons (Fsp3) is 0.0800. The van der Waals surface area contributed by atoms with E-state index >= 15 is 0 Å². The highest BCUT2D eigenvalue weighted by Crippen LogP contribution is 2.31. The predicted octanol–water partition coefficient (Wildman–Crippen LogP) is 4.70. The lowest BCUT2D eigenvalue weighted by Crippen LogP contribution is -2.32. The molecule has 0 aliphatic carbocycles. The van der Waals surface area contributed by atoms with Crippen LogP contribution in [0.25, 0.3) is 0 Å². The molecule has 7 nitrogen and oxygen atoms in total. The van der Waals surface area contributed by atoms with Crippen LogP contribution < -0.4 is 15.5 Å². The number of aromatic hydroxyl groups is 1. The molecule has 0 atom stereocenters. The zero-order chi connectivity index (χ0) is 23.7. The van der Waals surface area contributed by atoms with Gasteiger partial charge in [-0.3, -0.25) is 14.4 Å². The van der Waals surface area contributed by atoms with Gasteiger partial charge in [0.15, 0.2) is 0 Å². The van der Waals surface area contributed by atoms with Crippen LogP contribution in [0.15, 0.2) is 77.5 Å².